The summed E-state index contributed by atoms with van der Waals surface area (Å²) in [5.74, 6) is -0.812. The number of carbonyl (C=O) groups is 1. The van der Waals surface area contributed by atoms with Gasteiger partial charge < -0.3 is 0 Å². The van der Waals surface area contributed by atoms with E-state index in [1.807, 2.05) is 0 Å². The van der Waals surface area contributed by atoms with Crippen LogP contribution in [-0.2, 0) is 20.2 Å². The molecule has 2 rings (SSSR count). The van der Waals surface area contributed by atoms with Gasteiger partial charge in [0.2, 0.25) is 4.24 Å². The second kappa shape index (κ2) is 5.15. The summed E-state index contributed by atoms with van der Waals surface area (Å²) in [4.78, 5) is 12.0. The summed E-state index contributed by atoms with van der Waals surface area (Å²) in [5.41, 5.74) is -1.67. The zero-order valence-electron chi connectivity index (χ0n) is 10.4. The Morgan fingerprint density at radius 1 is 0.955 bits per heavy atom. The Morgan fingerprint density at radius 2 is 1.36 bits per heavy atom. The fourth-order valence-electron chi connectivity index (χ4n) is 2.00. The van der Waals surface area contributed by atoms with Crippen LogP contribution in [0.25, 0.3) is 5.57 Å². The third kappa shape index (κ3) is 2.71. The van der Waals surface area contributed by atoms with Crippen LogP contribution in [0, 0.1) is 0 Å². The maximum absolute atomic E-state index is 12.0. The number of halogens is 2. The van der Waals surface area contributed by atoms with Crippen LogP contribution < -0.4 is 0 Å². The van der Waals surface area contributed by atoms with E-state index in [2.05, 4.69) is 6.58 Å². The molecule has 0 unspecified atom stereocenters. The number of hydrogen-bond donors (Lipinski definition) is 2. The molecule has 0 fully saturated rings. The van der Waals surface area contributed by atoms with E-state index in [0.717, 1.165) is 12.1 Å². The summed E-state index contributed by atoms with van der Waals surface area (Å²) >= 11 is 11.5. The first-order chi connectivity index (χ1) is 9.85. The first kappa shape index (κ1) is 17.1. The fourth-order valence-corrected chi connectivity index (χ4v) is 4.38. The van der Waals surface area contributed by atoms with E-state index in [4.69, 9.17) is 32.3 Å². The lowest BCUT2D eigenvalue weighted by Crippen LogP contribution is -2.15. The van der Waals surface area contributed by atoms with Crippen LogP contribution in [0.3, 0.4) is 0 Å². The molecule has 0 aliphatic heterocycles. The molecule has 1 aliphatic rings. The molecule has 22 heavy (non-hydrogen) atoms. The van der Waals surface area contributed by atoms with Gasteiger partial charge in [0.05, 0.1) is 10.0 Å². The number of fused-ring (bicyclic) bond motifs is 1. The van der Waals surface area contributed by atoms with Crippen molar-refractivity contribution in [2.45, 2.75) is 0 Å². The Labute approximate surface area is 135 Å². The molecule has 1 aromatic rings. The highest BCUT2D eigenvalue weighted by Gasteiger charge is 2.40. The molecule has 0 amide bonds. The third-order valence-electron chi connectivity index (χ3n) is 2.82. The van der Waals surface area contributed by atoms with E-state index in [1.165, 1.54) is 0 Å². The SMILES string of the molecule is C=C1C(=O)c2cc(Cl)c(Cl)cc2C1=C(S(=O)(=O)O)S(=O)(=O)O. The maximum Gasteiger partial charge on any atom is 0.308 e. The molecule has 7 nitrogen and oxygen atoms in total. The average molecular weight is 385 g/mol. The normalized spacial score (nSPS) is 15.2. The lowest BCUT2D eigenvalue weighted by Gasteiger charge is -2.07. The van der Waals surface area contributed by atoms with E-state index in [-0.39, 0.29) is 21.2 Å². The van der Waals surface area contributed by atoms with Gasteiger partial charge in [-0.05, 0) is 17.7 Å². The Hall–Kier alpha value is -1.23. The quantitative estimate of drug-likeness (QED) is 0.590. The molecule has 0 saturated carbocycles. The van der Waals surface area contributed by atoms with Gasteiger partial charge in [0.15, 0.2) is 5.78 Å². The van der Waals surface area contributed by atoms with Gasteiger partial charge >= 0.3 is 20.2 Å². The number of allylic oxidation sites excluding steroid dienone is 2. The average Bonchev–Trinajstić information content (AvgIpc) is 2.53. The van der Waals surface area contributed by atoms with E-state index in [0.29, 0.717) is 0 Å². The lowest BCUT2D eigenvalue weighted by molar-refractivity contribution is 0.104. The molecule has 0 radical (unpaired) electrons. The van der Waals surface area contributed by atoms with Gasteiger partial charge in [-0.2, -0.15) is 16.8 Å². The van der Waals surface area contributed by atoms with Gasteiger partial charge in [0.1, 0.15) is 0 Å². The molecule has 0 aromatic heterocycles. The van der Waals surface area contributed by atoms with Crippen molar-refractivity contribution in [1.29, 1.82) is 0 Å². The molecule has 2 N–H and O–H groups in total. The summed E-state index contributed by atoms with van der Waals surface area (Å²) in [7, 11) is -10.8. The monoisotopic (exact) mass is 384 g/mol. The Morgan fingerprint density at radius 3 is 1.77 bits per heavy atom. The van der Waals surface area contributed by atoms with Gasteiger partial charge in [0, 0.05) is 16.7 Å². The fraction of sp³-hybridized carbons (Fsp3) is 0. The van der Waals surface area contributed by atoms with Crippen LogP contribution in [-0.4, -0.2) is 31.7 Å². The minimum Gasteiger partial charge on any atom is -0.289 e. The highest BCUT2D eigenvalue weighted by atomic mass is 35.5. The van der Waals surface area contributed by atoms with Crippen LogP contribution in [0.15, 0.2) is 28.5 Å². The predicted octanol–water partition coefficient (Wildman–Crippen LogP) is 2.19. The van der Waals surface area contributed by atoms with Crippen molar-refractivity contribution < 1.29 is 30.7 Å². The molecule has 0 bridgehead atoms. The molecule has 0 spiro atoms. The van der Waals surface area contributed by atoms with Gasteiger partial charge in [-0.3, -0.25) is 13.9 Å². The van der Waals surface area contributed by atoms with Crippen molar-refractivity contribution in [2.24, 2.45) is 0 Å². The van der Waals surface area contributed by atoms with Crippen molar-refractivity contribution in [1.82, 2.24) is 0 Å². The Kier molecular flexibility index (Phi) is 4.01. The second-order valence-electron chi connectivity index (χ2n) is 4.23. The molecule has 118 valence electrons. The number of carbonyl (C=O) groups excluding carboxylic acids is 1. The summed E-state index contributed by atoms with van der Waals surface area (Å²) in [6, 6.07) is 2.15. The zero-order chi connectivity index (χ0) is 17.0. The number of rotatable bonds is 2. The molecule has 0 heterocycles. The molecule has 0 atom stereocenters. The standard InChI is InChI=1S/C11H6Cl2O7S2/c1-4-9(11(21(15,16)17)22(18,19)20)5-2-7(12)8(13)3-6(5)10(4)14/h2-3H,1H2,(H,15,16,17)(H,18,19,20). The van der Waals surface area contributed by atoms with Crippen molar-refractivity contribution in [3.63, 3.8) is 0 Å². The summed E-state index contributed by atoms with van der Waals surface area (Å²) in [5, 5.41) is -0.117. The first-order valence-corrected chi connectivity index (χ1v) is 8.92. The number of Topliss-reactive ketones (excluding diaryl/α,β-unsaturated/α-hetero) is 1. The lowest BCUT2D eigenvalue weighted by atomic mass is 10.1. The largest absolute Gasteiger partial charge is 0.308 e. The maximum atomic E-state index is 12.0. The highest BCUT2D eigenvalue weighted by Crippen LogP contribution is 2.43. The van der Waals surface area contributed by atoms with Crippen molar-refractivity contribution in [2.75, 3.05) is 0 Å². The predicted molar refractivity (Wildman–Crippen MR) is 79.9 cm³/mol. The minimum atomic E-state index is -5.38. The van der Waals surface area contributed by atoms with E-state index < -0.39 is 41.4 Å². The van der Waals surface area contributed by atoms with Crippen LogP contribution in [0.2, 0.25) is 10.0 Å². The zero-order valence-corrected chi connectivity index (χ0v) is 13.5. The van der Waals surface area contributed by atoms with Crippen molar-refractivity contribution >= 4 is 54.8 Å². The van der Waals surface area contributed by atoms with Crippen molar-refractivity contribution in [3.05, 3.63) is 49.7 Å². The third-order valence-corrected chi connectivity index (χ3v) is 6.15. The molecule has 11 heteroatoms. The van der Waals surface area contributed by atoms with E-state index in [1.54, 1.807) is 0 Å². The number of hydrogen-bond acceptors (Lipinski definition) is 5. The Bertz CT molecular complexity index is 938. The topological polar surface area (TPSA) is 126 Å². The van der Waals surface area contributed by atoms with Gasteiger partial charge in [-0.1, -0.05) is 29.8 Å². The summed E-state index contributed by atoms with van der Waals surface area (Å²) in [6.07, 6.45) is 0. The number of ketones is 1. The molecular formula is C11H6Cl2O7S2. The smallest absolute Gasteiger partial charge is 0.289 e. The summed E-state index contributed by atoms with van der Waals surface area (Å²) in [6.45, 7) is 3.29. The molecule has 1 aromatic carbocycles. The summed E-state index contributed by atoms with van der Waals surface area (Å²) < 4.78 is 61.7. The van der Waals surface area contributed by atoms with Crippen LogP contribution in [0.4, 0.5) is 0 Å². The van der Waals surface area contributed by atoms with Crippen LogP contribution in [0.1, 0.15) is 15.9 Å². The van der Waals surface area contributed by atoms with Crippen molar-refractivity contribution in [3.8, 4) is 0 Å². The van der Waals surface area contributed by atoms with Gasteiger partial charge in [-0.15, -0.1) is 0 Å². The highest BCUT2D eigenvalue weighted by molar-refractivity contribution is 8.09. The van der Waals surface area contributed by atoms with Gasteiger partial charge in [0.25, 0.3) is 0 Å². The van der Waals surface area contributed by atoms with Gasteiger partial charge in [-0.25, -0.2) is 0 Å². The first-order valence-electron chi connectivity index (χ1n) is 5.28. The second-order valence-corrected chi connectivity index (χ2v) is 8.02. The Balaban J connectivity index is 3.07. The molecule has 1 aliphatic carbocycles. The van der Waals surface area contributed by atoms with E-state index in [9.17, 15) is 21.6 Å². The molecule has 0 saturated heterocycles. The van der Waals surface area contributed by atoms with Crippen LogP contribution >= 0.6 is 23.2 Å². The molecular weight excluding hydrogens is 379 g/mol. The van der Waals surface area contributed by atoms with E-state index >= 15 is 0 Å². The van der Waals surface area contributed by atoms with Crippen LogP contribution in [0.5, 0.6) is 0 Å². The number of benzene rings is 1. The minimum absolute atomic E-state index is 0.0249.